The van der Waals surface area contributed by atoms with Crippen LogP contribution in [0.3, 0.4) is 0 Å². The lowest BCUT2D eigenvalue weighted by Crippen LogP contribution is -2.10. The Morgan fingerprint density at radius 1 is 1.64 bits per heavy atom. The zero-order chi connectivity index (χ0) is 10.6. The topological polar surface area (TPSA) is 38.9 Å². The molecule has 2 N–H and O–H groups in total. The molecule has 0 spiro atoms. The van der Waals surface area contributed by atoms with E-state index in [2.05, 4.69) is 27.5 Å². The van der Waals surface area contributed by atoms with E-state index in [1.54, 1.807) is 6.20 Å². The van der Waals surface area contributed by atoms with Gasteiger partial charge < -0.3 is 5.73 Å². The Kier molecular flexibility index (Phi) is 4.29. The molecule has 0 aliphatic heterocycles. The van der Waals surface area contributed by atoms with E-state index in [1.807, 2.05) is 19.2 Å². The van der Waals surface area contributed by atoms with Crippen LogP contribution in [0.1, 0.15) is 31.4 Å². The van der Waals surface area contributed by atoms with Gasteiger partial charge in [0.05, 0.1) is 0 Å². The first-order chi connectivity index (χ1) is 6.59. The third-order valence-corrected chi connectivity index (χ3v) is 2.47. The highest BCUT2D eigenvalue weighted by atomic mass is 79.9. The van der Waals surface area contributed by atoms with Crippen LogP contribution in [0.2, 0.25) is 0 Å². The van der Waals surface area contributed by atoms with Crippen molar-refractivity contribution >= 4 is 15.9 Å². The van der Waals surface area contributed by atoms with Crippen LogP contribution in [-0.2, 0) is 0 Å². The van der Waals surface area contributed by atoms with Crippen LogP contribution in [0, 0.1) is 0 Å². The Labute approximate surface area is 93.4 Å². The highest BCUT2D eigenvalue weighted by Gasteiger charge is 2.06. The summed E-state index contributed by atoms with van der Waals surface area (Å²) in [6, 6.07) is 2.06. The molecule has 0 saturated carbocycles. The van der Waals surface area contributed by atoms with Crippen molar-refractivity contribution in [3.05, 3.63) is 40.6 Å². The first-order valence-corrected chi connectivity index (χ1v) is 5.39. The van der Waals surface area contributed by atoms with E-state index in [9.17, 15) is 0 Å². The number of aromatic nitrogens is 1. The zero-order valence-electron chi connectivity index (χ0n) is 8.33. The van der Waals surface area contributed by atoms with Crippen molar-refractivity contribution in [3.63, 3.8) is 0 Å². The number of hydrogen-bond acceptors (Lipinski definition) is 2. The van der Waals surface area contributed by atoms with Crippen LogP contribution in [0.4, 0.5) is 0 Å². The molecule has 1 unspecified atom stereocenters. The summed E-state index contributed by atoms with van der Waals surface area (Å²) >= 11 is 3.37. The van der Waals surface area contributed by atoms with E-state index in [-0.39, 0.29) is 6.04 Å². The van der Waals surface area contributed by atoms with Crippen molar-refractivity contribution < 1.29 is 0 Å². The van der Waals surface area contributed by atoms with Crippen molar-refractivity contribution in [2.24, 2.45) is 5.73 Å². The second-order valence-corrected chi connectivity index (χ2v) is 4.45. The molecule has 3 heteroatoms. The number of halogens is 1. The van der Waals surface area contributed by atoms with Gasteiger partial charge in [0.15, 0.2) is 0 Å². The van der Waals surface area contributed by atoms with Gasteiger partial charge in [-0.05, 0) is 47.3 Å². The van der Waals surface area contributed by atoms with E-state index in [0.717, 1.165) is 22.9 Å². The number of pyridine rings is 1. The largest absolute Gasteiger partial charge is 0.324 e. The van der Waals surface area contributed by atoms with Crippen molar-refractivity contribution in [2.45, 2.75) is 25.8 Å². The molecule has 0 bridgehead atoms. The Hall–Kier alpha value is -0.670. The van der Waals surface area contributed by atoms with Gasteiger partial charge in [-0.3, -0.25) is 4.98 Å². The van der Waals surface area contributed by atoms with Crippen LogP contribution in [0.15, 0.2) is 35.1 Å². The molecule has 76 valence electrons. The first kappa shape index (κ1) is 11.4. The summed E-state index contributed by atoms with van der Waals surface area (Å²) in [6.45, 7) is 5.88. The summed E-state index contributed by atoms with van der Waals surface area (Å²) in [4.78, 5) is 4.08. The van der Waals surface area contributed by atoms with Crippen LogP contribution in [0.25, 0.3) is 0 Å². The molecule has 1 atom stereocenters. The van der Waals surface area contributed by atoms with Gasteiger partial charge in [0.1, 0.15) is 0 Å². The minimum atomic E-state index is 0.0525. The number of hydrogen-bond donors (Lipinski definition) is 1. The Balaban J connectivity index is 2.60. The van der Waals surface area contributed by atoms with Gasteiger partial charge in [0, 0.05) is 22.9 Å². The Morgan fingerprint density at radius 3 is 2.93 bits per heavy atom. The van der Waals surface area contributed by atoms with E-state index < -0.39 is 0 Å². The summed E-state index contributed by atoms with van der Waals surface area (Å²) in [6.07, 6.45) is 5.46. The molecule has 0 saturated heterocycles. The fraction of sp³-hybridized carbons (Fsp3) is 0.364. The molecule has 14 heavy (non-hydrogen) atoms. The monoisotopic (exact) mass is 254 g/mol. The first-order valence-electron chi connectivity index (χ1n) is 4.60. The molecular formula is C11H15BrN2. The maximum atomic E-state index is 6.01. The fourth-order valence-electron chi connectivity index (χ4n) is 1.20. The van der Waals surface area contributed by atoms with Crippen LogP contribution >= 0.6 is 15.9 Å². The quantitative estimate of drug-likeness (QED) is 0.839. The summed E-state index contributed by atoms with van der Waals surface area (Å²) in [5.41, 5.74) is 8.25. The molecular weight excluding hydrogens is 240 g/mol. The van der Waals surface area contributed by atoms with Gasteiger partial charge in [-0.2, -0.15) is 0 Å². The summed E-state index contributed by atoms with van der Waals surface area (Å²) in [7, 11) is 0. The predicted molar refractivity (Wildman–Crippen MR) is 62.9 cm³/mol. The lowest BCUT2D eigenvalue weighted by atomic mass is 10.0. The average molecular weight is 255 g/mol. The van der Waals surface area contributed by atoms with E-state index in [1.165, 1.54) is 5.57 Å². The minimum Gasteiger partial charge on any atom is -0.324 e. The second-order valence-electron chi connectivity index (χ2n) is 3.54. The lowest BCUT2D eigenvalue weighted by molar-refractivity contribution is 0.646. The number of nitrogens with zero attached hydrogens (tertiary/aromatic N) is 1. The standard InChI is InChI=1S/C11H15BrN2/c1-8(2)3-4-11(13)9-5-10(12)7-14-6-9/h5-7,11H,1,3-4,13H2,2H3. The molecule has 1 aromatic heterocycles. The summed E-state index contributed by atoms with van der Waals surface area (Å²) in [5.74, 6) is 0. The normalized spacial score (nSPS) is 12.5. The fourth-order valence-corrected chi connectivity index (χ4v) is 1.58. The van der Waals surface area contributed by atoms with Crippen molar-refractivity contribution in [1.29, 1.82) is 0 Å². The third-order valence-electron chi connectivity index (χ3n) is 2.04. The van der Waals surface area contributed by atoms with Gasteiger partial charge in [0.25, 0.3) is 0 Å². The van der Waals surface area contributed by atoms with Crippen molar-refractivity contribution in [3.8, 4) is 0 Å². The molecule has 1 heterocycles. The molecule has 0 radical (unpaired) electrons. The van der Waals surface area contributed by atoms with Crippen LogP contribution in [-0.4, -0.2) is 4.98 Å². The predicted octanol–water partition coefficient (Wildman–Crippen LogP) is 3.20. The molecule has 2 nitrogen and oxygen atoms in total. The number of rotatable bonds is 4. The van der Waals surface area contributed by atoms with Gasteiger partial charge in [-0.1, -0.05) is 5.57 Å². The third kappa shape index (κ3) is 3.60. The summed E-state index contributed by atoms with van der Waals surface area (Å²) < 4.78 is 0.973. The van der Waals surface area contributed by atoms with Crippen molar-refractivity contribution in [2.75, 3.05) is 0 Å². The molecule has 0 aliphatic carbocycles. The Morgan fingerprint density at radius 2 is 2.36 bits per heavy atom. The minimum absolute atomic E-state index is 0.0525. The maximum absolute atomic E-state index is 6.01. The van der Waals surface area contributed by atoms with E-state index >= 15 is 0 Å². The zero-order valence-corrected chi connectivity index (χ0v) is 9.92. The van der Waals surface area contributed by atoms with Gasteiger partial charge >= 0.3 is 0 Å². The number of nitrogens with two attached hydrogens (primary N) is 1. The van der Waals surface area contributed by atoms with Crippen LogP contribution < -0.4 is 5.73 Å². The highest BCUT2D eigenvalue weighted by molar-refractivity contribution is 9.10. The second kappa shape index (κ2) is 5.27. The van der Waals surface area contributed by atoms with Gasteiger partial charge in [-0.15, -0.1) is 6.58 Å². The highest BCUT2D eigenvalue weighted by Crippen LogP contribution is 2.19. The number of allylic oxidation sites excluding steroid dienone is 1. The molecule has 0 fully saturated rings. The summed E-state index contributed by atoms with van der Waals surface area (Å²) in [5, 5.41) is 0. The van der Waals surface area contributed by atoms with Gasteiger partial charge in [0.2, 0.25) is 0 Å². The van der Waals surface area contributed by atoms with E-state index in [0.29, 0.717) is 0 Å². The smallest absolute Gasteiger partial charge is 0.0410 e. The lowest BCUT2D eigenvalue weighted by Gasteiger charge is -2.11. The molecule has 0 aliphatic rings. The average Bonchev–Trinajstić information content (AvgIpc) is 2.14. The Bertz CT molecular complexity index is 323. The van der Waals surface area contributed by atoms with E-state index in [4.69, 9.17) is 5.73 Å². The molecule has 1 aromatic rings. The van der Waals surface area contributed by atoms with Gasteiger partial charge in [-0.25, -0.2) is 0 Å². The van der Waals surface area contributed by atoms with Crippen LogP contribution in [0.5, 0.6) is 0 Å². The van der Waals surface area contributed by atoms with Crippen molar-refractivity contribution in [1.82, 2.24) is 4.98 Å². The molecule has 0 amide bonds. The molecule has 0 aromatic carbocycles. The molecule has 1 rings (SSSR count). The SMILES string of the molecule is C=C(C)CCC(N)c1cncc(Br)c1. The maximum Gasteiger partial charge on any atom is 0.0410 e.